The topological polar surface area (TPSA) is 53.1 Å². The van der Waals surface area contributed by atoms with Crippen LogP contribution in [0.4, 0.5) is 5.69 Å². The smallest absolute Gasteiger partial charge is 0.192 e. The van der Waals surface area contributed by atoms with E-state index in [9.17, 15) is 0 Å². The zero-order chi connectivity index (χ0) is 10.7. The van der Waals surface area contributed by atoms with Gasteiger partial charge in [-0.05, 0) is 23.6 Å². The third-order valence-corrected chi connectivity index (χ3v) is 2.29. The van der Waals surface area contributed by atoms with E-state index in [0.717, 1.165) is 5.69 Å². The van der Waals surface area contributed by atoms with Crippen LogP contribution in [0.1, 0.15) is 25.3 Å². The quantitative estimate of drug-likeness (QED) is 0.556. The van der Waals surface area contributed by atoms with E-state index < -0.39 is 0 Å². The van der Waals surface area contributed by atoms with Crippen molar-refractivity contribution in [2.24, 2.45) is 5.73 Å². The molecular formula is C11H17N3. The van der Waals surface area contributed by atoms with Gasteiger partial charge in [-0.2, -0.15) is 0 Å². The summed E-state index contributed by atoms with van der Waals surface area (Å²) in [7, 11) is 1.79. The maximum Gasteiger partial charge on any atom is 0.192 e. The van der Waals surface area contributed by atoms with Crippen molar-refractivity contribution in [2.75, 3.05) is 11.9 Å². The summed E-state index contributed by atoms with van der Waals surface area (Å²) < 4.78 is 0. The average molecular weight is 191 g/mol. The molecule has 0 bridgehead atoms. The summed E-state index contributed by atoms with van der Waals surface area (Å²) in [5.74, 6) is 0.557. The Bertz CT molecular complexity index is 331. The second-order valence-corrected chi connectivity index (χ2v) is 3.69. The van der Waals surface area contributed by atoms with Gasteiger partial charge in [-0.15, -0.1) is 0 Å². The number of nitrogens with one attached hydrogen (secondary N) is 1. The molecule has 0 fully saturated rings. The van der Waals surface area contributed by atoms with Gasteiger partial charge in [0, 0.05) is 12.7 Å². The van der Waals surface area contributed by atoms with Crippen molar-refractivity contribution in [1.29, 1.82) is 5.41 Å². The lowest BCUT2D eigenvalue weighted by Gasteiger charge is -2.18. The van der Waals surface area contributed by atoms with Gasteiger partial charge in [-0.3, -0.25) is 5.41 Å². The average Bonchev–Trinajstić information content (AvgIpc) is 2.16. The SMILES string of the molecule is CC(C)c1cccc(N(C)C(=N)N)c1. The van der Waals surface area contributed by atoms with Gasteiger partial charge < -0.3 is 10.6 Å². The van der Waals surface area contributed by atoms with Crippen molar-refractivity contribution in [2.45, 2.75) is 19.8 Å². The molecule has 0 aromatic heterocycles. The Balaban J connectivity index is 2.99. The molecule has 3 nitrogen and oxygen atoms in total. The highest BCUT2D eigenvalue weighted by atomic mass is 15.2. The van der Waals surface area contributed by atoms with Gasteiger partial charge in [-0.1, -0.05) is 26.0 Å². The molecule has 0 radical (unpaired) electrons. The van der Waals surface area contributed by atoms with Crippen LogP contribution < -0.4 is 10.6 Å². The van der Waals surface area contributed by atoms with Gasteiger partial charge in [0.1, 0.15) is 0 Å². The number of benzene rings is 1. The second kappa shape index (κ2) is 4.13. The van der Waals surface area contributed by atoms with Crippen LogP contribution >= 0.6 is 0 Å². The molecule has 0 aliphatic heterocycles. The molecule has 0 aliphatic carbocycles. The fourth-order valence-electron chi connectivity index (χ4n) is 1.23. The van der Waals surface area contributed by atoms with E-state index in [1.807, 2.05) is 12.1 Å². The van der Waals surface area contributed by atoms with Crippen LogP contribution in [-0.2, 0) is 0 Å². The molecule has 1 rings (SSSR count). The van der Waals surface area contributed by atoms with Crippen molar-refractivity contribution < 1.29 is 0 Å². The number of rotatable bonds is 2. The fourth-order valence-corrected chi connectivity index (χ4v) is 1.23. The summed E-state index contributed by atoms with van der Waals surface area (Å²) in [6, 6.07) is 8.09. The lowest BCUT2D eigenvalue weighted by atomic mass is 10.0. The van der Waals surface area contributed by atoms with Crippen molar-refractivity contribution in [3.05, 3.63) is 29.8 Å². The number of guanidine groups is 1. The molecule has 0 heterocycles. The Kier molecular flexibility index (Phi) is 3.12. The van der Waals surface area contributed by atoms with Crippen molar-refractivity contribution >= 4 is 11.6 Å². The Morgan fingerprint density at radius 2 is 2.07 bits per heavy atom. The molecule has 14 heavy (non-hydrogen) atoms. The van der Waals surface area contributed by atoms with E-state index in [1.165, 1.54) is 5.56 Å². The number of anilines is 1. The molecule has 1 aromatic carbocycles. The second-order valence-electron chi connectivity index (χ2n) is 3.69. The Morgan fingerprint density at radius 1 is 1.43 bits per heavy atom. The van der Waals surface area contributed by atoms with E-state index >= 15 is 0 Å². The van der Waals surface area contributed by atoms with E-state index in [4.69, 9.17) is 11.1 Å². The minimum Gasteiger partial charge on any atom is -0.370 e. The highest BCUT2D eigenvalue weighted by molar-refractivity contribution is 5.91. The van der Waals surface area contributed by atoms with Crippen LogP contribution in [0, 0.1) is 5.41 Å². The Morgan fingerprint density at radius 3 is 2.57 bits per heavy atom. The first kappa shape index (κ1) is 10.6. The maximum atomic E-state index is 7.32. The van der Waals surface area contributed by atoms with Crippen molar-refractivity contribution in [3.8, 4) is 0 Å². The molecule has 3 heteroatoms. The van der Waals surface area contributed by atoms with Crippen LogP contribution in [-0.4, -0.2) is 13.0 Å². The standard InChI is InChI=1S/C11H17N3/c1-8(2)9-5-4-6-10(7-9)14(3)11(12)13/h4-8H,1-3H3,(H3,12,13). The predicted octanol–water partition coefficient (Wildman–Crippen LogP) is 2.14. The van der Waals surface area contributed by atoms with Crippen LogP contribution in [0.3, 0.4) is 0 Å². The fraction of sp³-hybridized carbons (Fsp3) is 0.364. The number of nitrogens with zero attached hydrogens (tertiary/aromatic N) is 1. The number of nitrogens with two attached hydrogens (primary N) is 1. The van der Waals surface area contributed by atoms with Gasteiger partial charge in [-0.25, -0.2) is 0 Å². The van der Waals surface area contributed by atoms with Gasteiger partial charge in [0.05, 0.1) is 0 Å². The summed E-state index contributed by atoms with van der Waals surface area (Å²) in [6.45, 7) is 4.29. The molecular weight excluding hydrogens is 174 g/mol. The van der Waals surface area contributed by atoms with Crippen LogP contribution in [0.2, 0.25) is 0 Å². The Labute approximate surface area is 85.0 Å². The van der Waals surface area contributed by atoms with Crippen molar-refractivity contribution in [1.82, 2.24) is 0 Å². The molecule has 0 spiro atoms. The predicted molar refractivity (Wildman–Crippen MR) is 60.8 cm³/mol. The normalized spacial score (nSPS) is 10.3. The maximum absolute atomic E-state index is 7.32. The number of hydrogen-bond acceptors (Lipinski definition) is 1. The monoisotopic (exact) mass is 191 g/mol. The molecule has 0 unspecified atom stereocenters. The minimum absolute atomic E-state index is 0.0610. The first-order chi connectivity index (χ1) is 6.52. The van der Waals surface area contributed by atoms with Crippen LogP contribution in [0.5, 0.6) is 0 Å². The molecule has 0 saturated heterocycles. The molecule has 0 aliphatic rings. The summed E-state index contributed by atoms with van der Waals surface area (Å²) in [6.07, 6.45) is 0. The van der Waals surface area contributed by atoms with Gasteiger partial charge in [0.2, 0.25) is 0 Å². The highest BCUT2D eigenvalue weighted by Crippen LogP contribution is 2.20. The molecule has 1 aromatic rings. The third kappa shape index (κ3) is 2.25. The van der Waals surface area contributed by atoms with Crippen molar-refractivity contribution in [3.63, 3.8) is 0 Å². The molecule has 3 N–H and O–H groups in total. The summed E-state index contributed by atoms with van der Waals surface area (Å²) in [4.78, 5) is 1.66. The lowest BCUT2D eigenvalue weighted by Crippen LogP contribution is -2.32. The molecule has 0 saturated carbocycles. The first-order valence-electron chi connectivity index (χ1n) is 4.70. The third-order valence-electron chi connectivity index (χ3n) is 2.29. The minimum atomic E-state index is 0.0610. The molecule has 0 atom stereocenters. The Hall–Kier alpha value is -1.51. The van der Waals surface area contributed by atoms with Gasteiger partial charge >= 0.3 is 0 Å². The van der Waals surface area contributed by atoms with Gasteiger partial charge in [0.25, 0.3) is 0 Å². The zero-order valence-electron chi connectivity index (χ0n) is 8.91. The van der Waals surface area contributed by atoms with Crippen LogP contribution in [0.15, 0.2) is 24.3 Å². The van der Waals surface area contributed by atoms with Crippen LogP contribution in [0.25, 0.3) is 0 Å². The highest BCUT2D eigenvalue weighted by Gasteiger charge is 2.05. The zero-order valence-corrected chi connectivity index (χ0v) is 8.91. The molecule has 76 valence electrons. The van der Waals surface area contributed by atoms with Gasteiger partial charge in [0.15, 0.2) is 5.96 Å². The van der Waals surface area contributed by atoms with E-state index in [-0.39, 0.29) is 5.96 Å². The van der Waals surface area contributed by atoms with E-state index in [2.05, 4.69) is 26.0 Å². The van der Waals surface area contributed by atoms with E-state index in [0.29, 0.717) is 5.92 Å². The number of hydrogen-bond donors (Lipinski definition) is 2. The summed E-state index contributed by atoms with van der Waals surface area (Å²) in [5, 5.41) is 7.32. The summed E-state index contributed by atoms with van der Waals surface area (Å²) in [5.41, 5.74) is 7.62. The summed E-state index contributed by atoms with van der Waals surface area (Å²) >= 11 is 0. The largest absolute Gasteiger partial charge is 0.370 e. The lowest BCUT2D eigenvalue weighted by molar-refractivity contribution is 0.866. The van der Waals surface area contributed by atoms with E-state index in [1.54, 1.807) is 11.9 Å². The molecule has 0 amide bonds. The first-order valence-corrected chi connectivity index (χ1v) is 4.70.